The molecule has 0 aliphatic carbocycles. The molecule has 0 unspecified atom stereocenters. The molecular weight excluding hydrogens is 305 g/mol. The van der Waals surface area contributed by atoms with Crippen molar-refractivity contribution in [3.05, 3.63) is 29.6 Å². The van der Waals surface area contributed by atoms with Crippen LogP contribution in [0.3, 0.4) is 0 Å². The Labute approximate surface area is 115 Å². The van der Waals surface area contributed by atoms with Gasteiger partial charge in [0.15, 0.2) is 11.6 Å². The monoisotopic (exact) mass is 318 g/mol. The van der Waals surface area contributed by atoms with Crippen molar-refractivity contribution in [1.82, 2.24) is 10.0 Å². The van der Waals surface area contributed by atoms with Gasteiger partial charge in [0.05, 0.1) is 0 Å². The van der Waals surface area contributed by atoms with Gasteiger partial charge in [0, 0.05) is 19.2 Å². The first kappa shape index (κ1) is 18.2. The van der Waals surface area contributed by atoms with Crippen LogP contribution in [0.2, 0.25) is 0 Å². The van der Waals surface area contributed by atoms with Crippen LogP contribution in [0.25, 0.3) is 0 Å². The van der Waals surface area contributed by atoms with Crippen LogP contribution in [0.5, 0.6) is 0 Å². The van der Waals surface area contributed by atoms with Crippen molar-refractivity contribution in [2.24, 2.45) is 0 Å². The highest BCUT2D eigenvalue weighted by Crippen LogP contribution is 2.18. The Bertz CT molecular complexity index is 526. The first-order chi connectivity index (χ1) is 8.38. The molecule has 0 aliphatic rings. The zero-order valence-electron chi connectivity index (χ0n) is 10.0. The van der Waals surface area contributed by atoms with Crippen molar-refractivity contribution in [3.63, 3.8) is 0 Å². The fraction of sp³-hybridized carbons (Fsp3) is 0.400. The molecule has 0 aromatic heterocycles. The zero-order valence-corrected chi connectivity index (χ0v) is 11.7. The van der Waals surface area contributed by atoms with Crippen LogP contribution < -0.4 is 10.0 Å². The van der Waals surface area contributed by atoms with E-state index < -0.39 is 32.4 Å². The van der Waals surface area contributed by atoms with Crippen LogP contribution in [0.1, 0.15) is 6.92 Å². The summed E-state index contributed by atoms with van der Waals surface area (Å²) in [6.45, 7) is 2.86. The molecule has 1 rings (SSSR count). The highest BCUT2D eigenvalue weighted by molar-refractivity contribution is 7.89. The molecule has 0 atom stereocenters. The Balaban J connectivity index is 0.00000324. The first-order valence-corrected chi connectivity index (χ1v) is 6.71. The van der Waals surface area contributed by atoms with Gasteiger partial charge in [0.2, 0.25) is 10.0 Å². The van der Waals surface area contributed by atoms with Crippen LogP contribution in [-0.2, 0) is 10.0 Å². The fourth-order valence-corrected chi connectivity index (χ4v) is 2.34. The molecule has 0 spiro atoms. The number of hydrogen-bond acceptors (Lipinski definition) is 3. The van der Waals surface area contributed by atoms with E-state index in [9.17, 15) is 21.6 Å². The third-order valence-corrected chi connectivity index (χ3v) is 3.58. The van der Waals surface area contributed by atoms with Gasteiger partial charge in [-0.1, -0.05) is 6.92 Å². The van der Waals surface area contributed by atoms with Gasteiger partial charge in [-0.2, -0.15) is 0 Å². The number of hydrogen-bond donors (Lipinski definition) is 2. The van der Waals surface area contributed by atoms with Gasteiger partial charge in [-0.15, -0.1) is 12.4 Å². The molecule has 2 N–H and O–H groups in total. The molecule has 0 amide bonds. The van der Waals surface area contributed by atoms with Crippen molar-refractivity contribution < 1.29 is 21.6 Å². The maximum atomic E-state index is 13.3. The Morgan fingerprint density at radius 2 is 1.63 bits per heavy atom. The smallest absolute Gasteiger partial charge is 0.243 e. The predicted octanol–water partition coefficient (Wildman–Crippen LogP) is 1.41. The lowest BCUT2D eigenvalue weighted by Gasteiger charge is -2.08. The first-order valence-electron chi connectivity index (χ1n) is 5.23. The third-order valence-electron chi connectivity index (χ3n) is 2.11. The lowest BCUT2D eigenvalue weighted by molar-refractivity contribution is 0.481. The molecule has 0 bridgehead atoms. The number of likely N-dealkylation sites (N-methyl/N-ethyl adjacent to an activating group) is 1. The zero-order chi connectivity index (χ0) is 13.8. The number of nitrogens with one attached hydrogen (secondary N) is 2. The summed E-state index contributed by atoms with van der Waals surface area (Å²) in [4.78, 5) is -0.905. The van der Waals surface area contributed by atoms with Crippen LogP contribution >= 0.6 is 12.4 Å². The molecule has 0 fully saturated rings. The number of rotatable bonds is 6. The number of halogens is 4. The van der Waals surface area contributed by atoms with Gasteiger partial charge >= 0.3 is 0 Å². The standard InChI is InChI=1S/C10H13F3N2O2S.ClH/c1-2-14-3-4-15-18(16,17)10-6-8(12)7(11)5-9(10)13;/h5-6,14-15H,2-4H2,1H3;1H. The van der Waals surface area contributed by atoms with Gasteiger partial charge in [-0.3, -0.25) is 0 Å². The van der Waals surface area contributed by atoms with Crippen molar-refractivity contribution in [2.75, 3.05) is 19.6 Å². The highest BCUT2D eigenvalue weighted by Gasteiger charge is 2.21. The average Bonchev–Trinajstić information content (AvgIpc) is 2.29. The van der Waals surface area contributed by atoms with E-state index in [1.165, 1.54) is 0 Å². The summed E-state index contributed by atoms with van der Waals surface area (Å²) in [6.07, 6.45) is 0. The van der Waals surface area contributed by atoms with Crippen LogP contribution in [0, 0.1) is 17.5 Å². The summed E-state index contributed by atoms with van der Waals surface area (Å²) >= 11 is 0. The second kappa shape index (κ2) is 7.68. The molecule has 0 radical (unpaired) electrons. The largest absolute Gasteiger partial charge is 0.316 e. The minimum Gasteiger partial charge on any atom is -0.316 e. The highest BCUT2D eigenvalue weighted by atomic mass is 35.5. The van der Waals surface area contributed by atoms with E-state index in [1.807, 2.05) is 6.92 Å². The average molecular weight is 319 g/mol. The predicted molar refractivity (Wildman–Crippen MR) is 67.3 cm³/mol. The van der Waals surface area contributed by atoms with E-state index in [-0.39, 0.29) is 25.0 Å². The molecule has 4 nitrogen and oxygen atoms in total. The lowest BCUT2D eigenvalue weighted by Crippen LogP contribution is -2.32. The number of sulfonamides is 1. The van der Waals surface area contributed by atoms with Crippen molar-refractivity contribution in [2.45, 2.75) is 11.8 Å². The molecule has 1 aromatic carbocycles. The van der Waals surface area contributed by atoms with E-state index >= 15 is 0 Å². The summed E-state index contributed by atoms with van der Waals surface area (Å²) in [6, 6.07) is 0.522. The van der Waals surface area contributed by atoms with Gasteiger partial charge in [0.25, 0.3) is 0 Å². The molecule has 110 valence electrons. The molecule has 0 aliphatic heterocycles. The van der Waals surface area contributed by atoms with E-state index in [0.29, 0.717) is 19.2 Å². The summed E-state index contributed by atoms with van der Waals surface area (Å²) in [5.74, 6) is -4.17. The van der Waals surface area contributed by atoms with Crippen LogP contribution in [-0.4, -0.2) is 28.1 Å². The van der Waals surface area contributed by atoms with Crippen LogP contribution in [0.15, 0.2) is 17.0 Å². The van der Waals surface area contributed by atoms with E-state index in [2.05, 4.69) is 10.0 Å². The van der Waals surface area contributed by atoms with Crippen molar-refractivity contribution in [1.29, 1.82) is 0 Å². The summed E-state index contributed by atoms with van der Waals surface area (Å²) in [5.41, 5.74) is 0. The quantitative estimate of drug-likeness (QED) is 0.616. The summed E-state index contributed by atoms with van der Waals surface area (Å²) < 4.78 is 64.1. The Morgan fingerprint density at radius 1 is 1.05 bits per heavy atom. The maximum absolute atomic E-state index is 13.3. The third kappa shape index (κ3) is 4.98. The fourth-order valence-electron chi connectivity index (χ4n) is 1.24. The van der Waals surface area contributed by atoms with E-state index in [0.717, 1.165) is 0 Å². The SMILES string of the molecule is CCNCCNS(=O)(=O)c1cc(F)c(F)cc1F.Cl. The second-order valence-electron chi connectivity index (χ2n) is 3.45. The van der Waals surface area contributed by atoms with Crippen LogP contribution in [0.4, 0.5) is 13.2 Å². The minimum absolute atomic E-state index is 0. The molecule has 0 saturated carbocycles. The molecule has 0 heterocycles. The summed E-state index contributed by atoms with van der Waals surface area (Å²) in [5, 5.41) is 2.85. The van der Waals surface area contributed by atoms with E-state index in [1.54, 1.807) is 0 Å². The molecular formula is C10H14ClF3N2O2S. The molecule has 9 heteroatoms. The normalized spacial score (nSPS) is 11.2. The van der Waals surface area contributed by atoms with E-state index in [4.69, 9.17) is 0 Å². The van der Waals surface area contributed by atoms with Gasteiger partial charge in [-0.25, -0.2) is 26.3 Å². The molecule has 0 saturated heterocycles. The van der Waals surface area contributed by atoms with Gasteiger partial charge in [-0.05, 0) is 12.6 Å². The Hall–Kier alpha value is -0.830. The second-order valence-corrected chi connectivity index (χ2v) is 5.18. The van der Waals surface area contributed by atoms with Gasteiger partial charge < -0.3 is 5.32 Å². The molecule has 19 heavy (non-hydrogen) atoms. The Kier molecular flexibility index (Phi) is 7.35. The number of benzene rings is 1. The lowest BCUT2D eigenvalue weighted by atomic mass is 10.3. The van der Waals surface area contributed by atoms with Crippen molar-refractivity contribution >= 4 is 22.4 Å². The van der Waals surface area contributed by atoms with Crippen molar-refractivity contribution in [3.8, 4) is 0 Å². The molecule has 1 aromatic rings. The maximum Gasteiger partial charge on any atom is 0.243 e. The minimum atomic E-state index is -4.18. The Morgan fingerprint density at radius 3 is 2.21 bits per heavy atom. The summed E-state index contributed by atoms with van der Waals surface area (Å²) in [7, 11) is -4.18. The van der Waals surface area contributed by atoms with Gasteiger partial charge in [0.1, 0.15) is 10.7 Å². The topological polar surface area (TPSA) is 58.2 Å².